The van der Waals surface area contributed by atoms with Crippen LogP contribution in [0.25, 0.3) is 0 Å². The molecule has 0 aliphatic heterocycles. The molecule has 3 N–H and O–H groups in total. The topological polar surface area (TPSA) is 95.5 Å². The summed E-state index contributed by atoms with van der Waals surface area (Å²) in [7, 11) is 0. The molecule has 102 valence electrons. The highest BCUT2D eigenvalue weighted by Gasteiger charge is 2.48. The summed E-state index contributed by atoms with van der Waals surface area (Å²) >= 11 is 0. The van der Waals surface area contributed by atoms with E-state index >= 15 is 0 Å². The van der Waals surface area contributed by atoms with Gasteiger partial charge in [0.15, 0.2) is 0 Å². The van der Waals surface area contributed by atoms with Gasteiger partial charge >= 0.3 is 5.97 Å². The highest BCUT2D eigenvalue weighted by atomic mass is 16.4. The van der Waals surface area contributed by atoms with Crippen molar-refractivity contribution in [2.45, 2.75) is 33.2 Å². The summed E-state index contributed by atoms with van der Waals surface area (Å²) in [4.78, 5) is 33.8. The van der Waals surface area contributed by atoms with Crippen molar-refractivity contribution < 1.29 is 19.5 Å². The van der Waals surface area contributed by atoms with Gasteiger partial charge in [-0.3, -0.25) is 14.4 Å². The van der Waals surface area contributed by atoms with Crippen LogP contribution in [0.5, 0.6) is 0 Å². The van der Waals surface area contributed by atoms with E-state index in [9.17, 15) is 14.4 Å². The van der Waals surface area contributed by atoms with Gasteiger partial charge in [0, 0.05) is 6.54 Å². The van der Waals surface area contributed by atoms with Gasteiger partial charge in [0.05, 0.1) is 11.8 Å². The first-order valence-corrected chi connectivity index (χ1v) is 6.13. The van der Waals surface area contributed by atoms with E-state index in [-0.39, 0.29) is 11.8 Å². The molecule has 0 aromatic carbocycles. The fraction of sp³-hybridized carbons (Fsp3) is 0.750. The van der Waals surface area contributed by atoms with Crippen molar-refractivity contribution >= 4 is 17.8 Å². The quantitative estimate of drug-likeness (QED) is 0.622. The average Bonchev–Trinajstić information content (AvgIpc) is 3.05. The van der Waals surface area contributed by atoms with Gasteiger partial charge in [-0.1, -0.05) is 13.8 Å². The van der Waals surface area contributed by atoms with Gasteiger partial charge in [-0.25, -0.2) is 0 Å². The lowest BCUT2D eigenvalue weighted by Crippen LogP contribution is -2.46. The Morgan fingerprint density at radius 2 is 1.83 bits per heavy atom. The monoisotopic (exact) mass is 256 g/mol. The van der Waals surface area contributed by atoms with Gasteiger partial charge in [0.2, 0.25) is 11.8 Å². The van der Waals surface area contributed by atoms with Gasteiger partial charge in [0.25, 0.3) is 0 Å². The third-order valence-corrected chi connectivity index (χ3v) is 2.88. The minimum Gasteiger partial charge on any atom is -0.481 e. The number of hydrogen-bond donors (Lipinski definition) is 3. The molecule has 0 heterocycles. The zero-order valence-corrected chi connectivity index (χ0v) is 10.9. The number of nitrogens with one attached hydrogen (secondary N) is 2. The Kier molecular flexibility index (Phi) is 4.69. The molecular formula is C12H20N2O4. The molecule has 0 saturated heterocycles. The lowest BCUT2D eigenvalue weighted by atomic mass is 10.2. The van der Waals surface area contributed by atoms with Gasteiger partial charge in [-0.05, 0) is 19.3 Å². The van der Waals surface area contributed by atoms with Crippen molar-refractivity contribution in [2.75, 3.05) is 6.54 Å². The summed E-state index contributed by atoms with van der Waals surface area (Å²) in [5.41, 5.74) is 0. The molecule has 1 aliphatic rings. The maximum Gasteiger partial charge on any atom is 0.307 e. The molecule has 1 fully saturated rings. The maximum atomic E-state index is 11.6. The third kappa shape index (κ3) is 4.01. The van der Waals surface area contributed by atoms with Gasteiger partial charge in [0.1, 0.15) is 6.04 Å². The molecule has 0 radical (unpaired) electrons. The number of carbonyl (C=O) groups excluding carboxylic acids is 2. The summed E-state index contributed by atoms with van der Waals surface area (Å²) in [6.07, 6.45) is 0.363. The molecule has 1 rings (SSSR count). The fourth-order valence-corrected chi connectivity index (χ4v) is 1.60. The largest absolute Gasteiger partial charge is 0.481 e. The Hall–Kier alpha value is -1.59. The second kappa shape index (κ2) is 5.84. The molecule has 6 heteroatoms. The minimum absolute atomic E-state index is 0.246. The molecule has 2 amide bonds. The second-order valence-corrected chi connectivity index (χ2v) is 5.16. The molecular weight excluding hydrogens is 236 g/mol. The Labute approximate surface area is 106 Å². The predicted octanol–water partition coefficient (Wildman–Crippen LogP) is -0.0160. The predicted molar refractivity (Wildman–Crippen MR) is 64.7 cm³/mol. The van der Waals surface area contributed by atoms with E-state index in [1.54, 1.807) is 6.92 Å². The molecule has 0 spiro atoms. The number of carbonyl (C=O) groups is 3. The van der Waals surface area contributed by atoms with E-state index in [0.717, 1.165) is 0 Å². The standard InChI is InChI=1S/C12H20N2O4/c1-6(2)5-13-10(15)7(3)14-11(16)8-4-9(8)12(17)18/h6-9H,4-5H2,1-3H3,(H,13,15)(H,14,16)(H,17,18). The van der Waals surface area contributed by atoms with Crippen molar-refractivity contribution in [1.29, 1.82) is 0 Å². The van der Waals surface area contributed by atoms with E-state index in [4.69, 9.17) is 5.11 Å². The zero-order chi connectivity index (χ0) is 13.9. The van der Waals surface area contributed by atoms with E-state index in [2.05, 4.69) is 10.6 Å². The number of aliphatic carboxylic acids is 1. The van der Waals surface area contributed by atoms with Crippen LogP contribution >= 0.6 is 0 Å². The average molecular weight is 256 g/mol. The lowest BCUT2D eigenvalue weighted by molar-refractivity contribution is -0.140. The summed E-state index contributed by atoms with van der Waals surface area (Å²) < 4.78 is 0. The molecule has 0 aromatic rings. The van der Waals surface area contributed by atoms with E-state index < -0.39 is 23.8 Å². The summed E-state index contributed by atoms with van der Waals surface area (Å²) in [6.45, 7) is 6.10. The van der Waals surface area contributed by atoms with Crippen LogP contribution in [0.3, 0.4) is 0 Å². The number of rotatable bonds is 6. The SMILES string of the molecule is CC(C)CNC(=O)C(C)NC(=O)C1CC1C(=O)O. The number of hydrogen-bond acceptors (Lipinski definition) is 3. The van der Waals surface area contributed by atoms with Crippen LogP contribution in [0.4, 0.5) is 0 Å². The molecule has 0 bridgehead atoms. The molecule has 1 aliphatic carbocycles. The van der Waals surface area contributed by atoms with Gasteiger partial charge < -0.3 is 15.7 Å². The summed E-state index contributed by atoms with van der Waals surface area (Å²) in [6, 6.07) is -0.633. The Balaban J connectivity index is 2.32. The van der Waals surface area contributed by atoms with E-state index in [0.29, 0.717) is 18.9 Å². The van der Waals surface area contributed by atoms with Crippen LogP contribution in [0.2, 0.25) is 0 Å². The van der Waals surface area contributed by atoms with Crippen molar-refractivity contribution in [1.82, 2.24) is 10.6 Å². The number of amides is 2. The van der Waals surface area contributed by atoms with Crippen molar-refractivity contribution in [2.24, 2.45) is 17.8 Å². The first-order valence-electron chi connectivity index (χ1n) is 6.13. The Morgan fingerprint density at radius 1 is 1.22 bits per heavy atom. The number of carboxylic acids is 1. The minimum atomic E-state index is -0.952. The number of carboxylic acid groups (broad SMARTS) is 1. The van der Waals surface area contributed by atoms with E-state index in [1.165, 1.54) is 0 Å². The Morgan fingerprint density at radius 3 is 2.28 bits per heavy atom. The van der Waals surface area contributed by atoms with Crippen LogP contribution < -0.4 is 10.6 Å². The highest BCUT2D eigenvalue weighted by Crippen LogP contribution is 2.38. The van der Waals surface area contributed by atoms with Crippen LogP contribution in [0, 0.1) is 17.8 Å². The van der Waals surface area contributed by atoms with Crippen LogP contribution in [0.1, 0.15) is 27.2 Å². The highest BCUT2D eigenvalue weighted by molar-refractivity contribution is 5.92. The van der Waals surface area contributed by atoms with E-state index in [1.807, 2.05) is 13.8 Å². The first kappa shape index (κ1) is 14.5. The van der Waals surface area contributed by atoms with Crippen molar-refractivity contribution in [3.63, 3.8) is 0 Å². The summed E-state index contributed by atoms with van der Waals surface area (Å²) in [5.74, 6) is -2.28. The van der Waals surface area contributed by atoms with Crippen LogP contribution in [0.15, 0.2) is 0 Å². The molecule has 3 atom stereocenters. The van der Waals surface area contributed by atoms with Crippen molar-refractivity contribution in [3.8, 4) is 0 Å². The van der Waals surface area contributed by atoms with Crippen molar-refractivity contribution in [3.05, 3.63) is 0 Å². The molecule has 3 unspecified atom stereocenters. The van der Waals surface area contributed by atoms with Crippen LogP contribution in [-0.4, -0.2) is 35.5 Å². The molecule has 0 aromatic heterocycles. The van der Waals surface area contributed by atoms with Gasteiger partial charge in [-0.15, -0.1) is 0 Å². The smallest absolute Gasteiger partial charge is 0.307 e. The lowest BCUT2D eigenvalue weighted by Gasteiger charge is -2.15. The first-order chi connectivity index (χ1) is 8.32. The second-order valence-electron chi connectivity index (χ2n) is 5.16. The summed E-state index contributed by atoms with van der Waals surface area (Å²) in [5, 5.41) is 13.9. The maximum absolute atomic E-state index is 11.6. The Bertz CT molecular complexity index is 354. The third-order valence-electron chi connectivity index (χ3n) is 2.88. The zero-order valence-electron chi connectivity index (χ0n) is 10.9. The fourth-order valence-electron chi connectivity index (χ4n) is 1.60. The van der Waals surface area contributed by atoms with Crippen LogP contribution in [-0.2, 0) is 14.4 Å². The normalized spacial score (nSPS) is 23.3. The molecule has 6 nitrogen and oxygen atoms in total. The van der Waals surface area contributed by atoms with Gasteiger partial charge in [-0.2, -0.15) is 0 Å². The molecule has 18 heavy (non-hydrogen) atoms. The molecule has 1 saturated carbocycles.